The number of carbonyl (C=O) groups is 4. The topological polar surface area (TPSA) is 120 Å². The highest BCUT2D eigenvalue weighted by molar-refractivity contribution is 6.20. The van der Waals surface area contributed by atoms with Crippen LogP contribution in [0.2, 0.25) is 0 Å². The Labute approximate surface area is 182 Å². The van der Waals surface area contributed by atoms with Gasteiger partial charge in [0.1, 0.15) is 0 Å². The van der Waals surface area contributed by atoms with Crippen LogP contribution in [0.5, 0.6) is 0 Å². The van der Waals surface area contributed by atoms with E-state index in [-0.39, 0.29) is 23.1 Å². The van der Waals surface area contributed by atoms with Crippen LogP contribution in [-0.4, -0.2) is 43.1 Å². The van der Waals surface area contributed by atoms with Crippen molar-refractivity contribution < 1.29 is 19.2 Å². The van der Waals surface area contributed by atoms with Gasteiger partial charge in [0.2, 0.25) is 0 Å². The van der Waals surface area contributed by atoms with E-state index in [2.05, 4.69) is 19.9 Å². The van der Waals surface area contributed by atoms with E-state index in [0.29, 0.717) is 55.2 Å². The highest BCUT2D eigenvalue weighted by atomic mass is 16.1. The number of hydrogen-bond donors (Lipinski definition) is 0. The molecule has 4 heterocycles. The highest BCUT2D eigenvalue weighted by Gasteiger charge is 2.22. The smallest absolute Gasteiger partial charge is 0.162 e. The zero-order valence-corrected chi connectivity index (χ0v) is 17.9. The van der Waals surface area contributed by atoms with E-state index < -0.39 is 0 Å². The van der Waals surface area contributed by atoms with Gasteiger partial charge in [0.05, 0.1) is 11.4 Å². The van der Waals surface area contributed by atoms with Crippen molar-refractivity contribution in [2.45, 2.75) is 27.7 Å². The van der Waals surface area contributed by atoms with E-state index in [9.17, 15) is 19.2 Å². The molecule has 0 saturated carbocycles. The first-order chi connectivity index (χ1) is 15.2. The summed E-state index contributed by atoms with van der Waals surface area (Å²) < 4.78 is 0. The predicted molar refractivity (Wildman–Crippen MR) is 118 cm³/mol. The molecule has 0 fully saturated rings. The van der Waals surface area contributed by atoms with Crippen molar-refractivity contribution in [2.24, 2.45) is 0 Å². The summed E-state index contributed by atoms with van der Waals surface area (Å²) in [6.07, 6.45) is 8.68. The Morgan fingerprint density at radius 3 is 1.12 bits per heavy atom. The third-order valence-electron chi connectivity index (χ3n) is 5.33. The van der Waals surface area contributed by atoms with Gasteiger partial charge in [-0.2, -0.15) is 0 Å². The van der Waals surface area contributed by atoms with E-state index in [0.717, 1.165) is 0 Å². The number of carbonyl (C=O) groups excluding carboxylic acids is 4. The van der Waals surface area contributed by atoms with Gasteiger partial charge in [-0.3, -0.25) is 39.1 Å². The number of rotatable bonds is 5. The van der Waals surface area contributed by atoms with Crippen molar-refractivity contribution in [3.8, 4) is 11.4 Å². The number of ketones is 4. The van der Waals surface area contributed by atoms with Crippen LogP contribution >= 0.6 is 0 Å². The van der Waals surface area contributed by atoms with E-state index in [1.54, 1.807) is 0 Å². The van der Waals surface area contributed by atoms with Crippen LogP contribution in [0, 0.1) is 0 Å². The highest BCUT2D eigenvalue weighted by Crippen LogP contribution is 2.35. The molecule has 4 aromatic rings. The molecule has 158 valence electrons. The van der Waals surface area contributed by atoms with Crippen molar-refractivity contribution >= 4 is 44.7 Å². The molecule has 0 amide bonds. The lowest BCUT2D eigenvalue weighted by Gasteiger charge is -2.14. The summed E-state index contributed by atoms with van der Waals surface area (Å²) in [7, 11) is 0. The van der Waals surface area contributed by atoms with Gasteiger partial charge < -0.3 is 0 Å². The number of Topliss-reactive ketones (excluding diaryl/α,β-unsaturated/α-hetero) is 4. The second-order valence-corrected chi connectivity index (χ2v) is 7.48. The van der Waals surface area contributed by atoms with Gasteiger partial charge in [-0.25, -0.2) is 0 Å². The zero-order chi connectivity index (χ0) is 23.2. The molecule has 0 aliphatic carbocycles. The van der Waals surface area contributed by atoms with E-state index in [4.69, 9.17) is 0 Å². The largest absolute Gasteiger partial charge is 0.294 e. The summed E-state index contributed by atoms with van der Waals surface area (Å²) in [6.45, 7) is 5.61. The molecule has 0 saturated heterocycles. The maximum absolute atomic E-state index is 12.3. The van der Waals surface area contributed by atoms with Crippen LogP contribution < -0.4 is 0 Å². The van der Waals surface area contributed by atoms with Crippen molar-refractivity contribution in [3.05, 3.63) is 59.4 Å². The second kappa shape index (κ2) is 7.81. The first-order valence-corrected chi connectivity index (χ1v) is 9.79. The van der Waals surface area contributed by atoms with Crippen LogP contribution in [0.4, 0.5) is 0 Å². The van der Waals surface area contributed by atoms with Crippen LogP contribution in [0.3, 0.4) is 0 Å². The normalized spacial score (nSPS) is 11.0. The zero-order valence-electron chi connectivity index (χ0n) is 17.9. The molecular weight excluding hydrogens is 408 g/mol. The van der Waals surface area contributed by atoms with E-state index in [1.165, 1.54) is 64.9 Å². The van der Waals surface area contributed by atoms with Gasteiger partial charge in [0.25, 0.3) is 0 Å². The molecule has 0 aromatic carbocycles. The maximum Gasteiger partial charge on any atom is 0.162 e. The molecule has 0 aliphatic heterocycles. The van der Waals surface area contributed by atoms with E-state index >= 15 is 0 Å². The predicted octanol–water partition coefficient (Wildman–Crippen LogP) is 4.05. The Hall–Kier alpha value is -4.20. The summed E-state index contributed by atoms with van der Waals surface area (Å²) in [6, 6.07) is 0. The summed E-state index contributed by atoms with van der Waals surface area (Å²) in [5, 5.41) is 1.79. The number of fused-ring (bicyclic) bond motifs is 2. The first kappa shape index (κ1) is 21.0. The maximum atomic E-state index is 12.3. The Morgan fingerprint density at radius 2 is 0.812 bits per heavy atom. The molecule has 0 aliphatic rings. The van der Waals surface area contributed by atoms with Crippen molar-refractivity contribution in [1.82, 2.24) is 19.9 Å². The summed E-state index contributed by atoms with van der Waals surface area (Å²) in [5.74, 6) is -0.970. The summed E-state index contributed by atoms with van der Waals surface area (Å²) in [4.78, 5) is 66.3. The number of hydrogen-bond acceptors (Lipinski definition) is 8. The van der Waals surface area contributed by atoms with Gasteiger partial charge in [-0.1, -0.05) is 0 Å². The van der Waals surface area contributed by atoms with Gasteiger partial charge in [0.15, 0.2) is 23.1 Å². The van der Waals surface area contributed by atoms with Crippen LogP contribution in [0.15, 0.2) is 37.2 Å². The lowest BCUT2D eigenvalue weighted by atomic mass is 9.94. The van der Waals surface area contributed by atoms with Crippen molar-refractivity contribution in [2.75, 3.05) is 0 Å². The molecule has 0 unspecified atom stereocenters. The summed E-state index contributed by atoms with van der Waals surface area (Å²) >= 11 is 0. The standard InChI is InChI=1S/C24H18N4O4/c1-11(29)15-5-25-7-19-21(15)17(13(3)31)9-27-23(19)24-20-8-26-6-16(12(2)30)22(20)18(10-28-24)14(4)32/h5-10H,1-4H3. The van der Waals surface area contributed by atoms with Crippen LogP contribution in [-0.2, 0) is 0 Å². The van der Waals surface area contributed by atoms with Gasteiger partial charge >= 0.3 is 0 Å². The molecule has 0 N–H and O–H groups in total. The minimum atomic E-state index is -0.243. The Morgan fingerprint density at radius 1 is 0.500 bits per heavy atom. The molecule has 8 heteroatoms. The quantitative estimate of drug-likeness (QED) is 0.438. The fraction of sp³-hybridized carbons (Fsp3) is 0.167. The average Bonchev–Trinajstić information content (AvgIpc) is 2.76. The minimum absolute atomic E-state index is 0.243. The number of aromatic nitrogens is 4. The number of pyridine rings is 4. The summed E-state index contributed by atoms with van der Waals surface area (Å²) in [5.41, 5.74) is 1.91. The first-order valence-electron chi connectivity index (χ1n) is 9.79. The molecule has 8 nitrogen and oxygen atoms in total. The number of nitrogens with zero attached hydrogens (tertiary/aromatic N) is 4. The molecule has 32 heavy (non-hydrogen) atoms. The third kappa shape index (κ3) is 3.26. The average molecular weight is 426 g/mol. The molecule has 0 bridgehead atoms. The monoisotopic (exact) mass is 426 g/mol. The fourth-order valence-corrected chi connectivity index (χ4v) is 3.83. The Balaban J connectivity index is 2.19. The SMILES string of the molecule is CC(=O)c1cncc2c(-c3ncc(C(C)=O)c4c(C(C)=O)cncc34)ncc(C(C)=O)c12. The van der Waals surface area contributed by atoms with Gasteiger partial charge in [-0.05, 0) is 27.7 Å². The fourth-order valence-electron chi connectivity index (χ4n) is 3.83. The van der Waals surface area contributed by atoms with Gasteiger partial charge in [0, 0.05) is 81.0 Å². The molecule has 0 spiro atoms. The lowest BCUT2D eigenvalue weighted by molar-refractivity contribution is 0.100. The van der Waals surface area contributed by atoms with Crippen molar-refractivity contribution in [1.29, 1.82) is 0 Å². The van der Waals surface area contributed by atoms with Crippen LogP contribution in [0.25, 0.3) is 32.9 Å². The molecular formula is C24H18N4O4. The second-order valence-electron chi connectivity index (χ2n) is 7.48. The third-order valence-corrected chi connectivity index (χ3v) is 5.33. The van der Waals surface area contributed by atoms with Gasteiger partial charge in [-0.15, -0.1) is 0 Å². The Bertz CT molecular complexity index is 1340. The molecule has 4 aromatic heterocycles. The molecule has 0 atom stereocenters. The lowest BCUT2D eigenvalue weighted by Crippen LogP contribution is -2.06. The van der Waals surface area contributed by atoms with E-state index in [1.807, 2.05) is 0 Å². The Kier molecular flexibility index (Phi) is 5.14. The molecule has 4 rings (SSSR count). The van der Waals surface area contributed by atoms with Crippen LogP contribution in [0.1, 0.15) is 69.1 Å². The molecule has 0 radical (unpaired) electrons. The van der Waals surface area contributed by atoms with Crippen molar-refractivity contribution in [3.63, 3.8) is 0 Å². The minimum Gasteiger partial charge on any atom is -0.294 e.